The van der Waals surface area contributed by atoms with Crippen molar-refractivity contribution in [2.24, 2.45) is 5.73 Å². The summed E-state index contributed by atoms with van der Waals surface area (Å²) in [4.78, 5) is 50.3. The zero-order chi connectivity index (χ0) is 26.7. The van der Waals surface area contributed by atoms with Gasteiger partial charge in [-0.15, -0.1) is 22.0 Å². The molecule has 0 spiro atoms. The Hall–Kier alpha value is -2.85. The number of benzene rings is 1. The Bertz CT molecular complexity index is 1260. The first-order valence-corrected chi connectivity index (χ1v) is 13.9. The van der Waals surface area contributed by atoms with E-state index in [1.54, 1.807) is 5.51 Å². The minimum atomic E-state index is -1.20. The highest BCUT2D eigenvalue weighted by molar-refractivity contribution is 8.01. The summed E-state index contributed by atoms with van der Waals surface area (Å²) in [6.07, 6.45) is -1.97. The zero-order valence-electron chi connectivity index (χ0n) is 19.1. The van der Waals surface area contributed by atoms with E-state index in [1.165, 1.54) is 64.9 Å². The summed E-state index contributed by atoms with van der Waals surface area (Å²) in [5.74, 6) is -1.34. The monoisotopic (exact) mass is 585 g/mol. The molecular formula is C21H20ClN5O7S3. The second-order valence-corrected chi connectivity index (χ2v) is 11.4. The van der Waals surface area contributed by atoms with Crippen LogP contribution in [0.4, 0.5) is 4.79 Å². The van der Waals surface area contributed by atoms with Gasteiger partial charge in [-0.05, 0) is 30.2 Å². The Morgan fingerprint density at radius 3 is 2.84 bits per heavy atom. The molecule has 1 aromatic heterocycles. The molecule has 4 rings (SSSR count). The summed E-state index contributed by atoms with van der Waals surface area (Å²) >= 11 is 10.2. The molecule has 0 saturated carbocycles. The van der Waals surface area contributed by atoms with Crippen molar-refractivity contribution in [1.29, 1.82) is 0 Å². The molecule has 1 saturated heterocycles. The molecule has 3 heterocycles. The number of amides is 2. The van der Waals surface area contributed by atoms with E-state index >= 15 is 0 Å². The fraction of sp³-hybridized carbons (Fsp3) is 0.333. The van der Waals surface area contributed by atoms with Crippen LogP contribution in [0.15, 0.2) is 39.3 Å². The van der Waals surface area contributed by atoms with Crippen molar-refractivity contribution >= 4 is 70.4 Å². The van der Waals surface area contributed by atoms with Gasteiger partial charge in [0.05, 0.1) is 11.4 Å². The summed E-state index contributed by atoms with van der Waals surface area (Å²) in [5.41, 5.74) is 8.01. The van der Waals surface area contributed by atoms with Crippen LogP contribution in [0.25, 0.3) is 0 Å². The molecule has 196 valence electrons. The summed E-state index contributed by atoms with van der Waals surface area (Å²) in [6.45, 7) is 1.46. The first kappa shape index (κ1) is 27.2. The number of aromatic nitrogens is 2. The molecule has 0 bridgehead atoms. The molecule has 1 aromatic carbocycles. The minimum Gasteiger partial charge on any atom is -0.477 e. The zero-order valence-corrected chi connectivity index (χ0v) is 22.3. The number of ether oxygens (including phenoxy) is 2. The summed E-state index contributed by atoms with van der Waals surface area (Å²) < 4.78 is 10.4. The van der Waals surface area contributed by atoms with Crippen LogP contribution in [0, 0.1) is 0 Å². The summed E-state index contributed by atoms with van der Waals surface area (Å²) in [6, 6.07) is 3.55. The van der Waals surface area contributed by atoms with Gasteiger partial charge in [0, 0.05) is 11.5 Å². The van der Waals surface area contributed by atoms with E-state index in [4.69, 9.17) is 22.1 Å². The largest absolute Gasteiger partial charge is 0.515 e. The van der Waals surface area contributed by atoms with Crippen molar-refractivity contribution < 1.29 is 33.8 Å². The van der Waals surface area contributed by atoms with E-state index < -0.39 is 41.6 Å². The molecule has 2 unspecified atom stereocenters. The molecule has 2 aliphatic rings. The number of carbonyl (C=O) groups excluding carboxylic acids is 3. The average molecular weight is 586 g/mol. The van der Waals surface area contributed by atoms with Crippen molar-refractivity contribution in [3.05, 3.63) is 45.6 Å². The van der Waals surface area contributed by atoms with Crippen LogP contribution in [-0.4, -0.2) is 73.3 Å². The number of thioether (sulfide) groups is 2. The lowest BCUT2D eigenvalue weighted by Crippen LogP contribution is -2.70. The van der Waals surface area contributed by atoms with Gasteiger partial charge in [0.2, 0.25) is 5.91 Å². The lowest BCUT2D eigenvalue weighted by atomic mass is 10.0. The molecule has 2 aliphatic heterocycles. The average Bonchev–Trinajstić information content (AvgIpc) is 3.35. The highest BCUT2D eigenvalue weighted by atomic mass is 35.5. The van der Waals surface area contributed by atoms with Gasteiger partial charge in [-0.3, -0.25) is 20.2 Å². The maximum Gasteiger partial charge on any atom is 0.515 e. The number of β-lactam (4-membered cyclic amide) rings is 1. The Kier molecular flexibility index (Phi) is 8.59. The molecule has 12 nitrogen and oxygen atoms in total. The molecule has 2 amide bonds. The van der Waals surface area contributed by atoms with E-state index in [9.17, 15) is 24.3 Å². The molecule has 4 N–H and O–H groups in total. The van der Waals surface area contributed by atoms with Gasteiger partial charge in [-0.2, -0.15) is 0 Å². The predicted octanol–water partition coefficient (Wildman–Crippen LogP) is 2.09. The predicted molar refractivity (Wildman–Crippen MR) is 136 cm³/mol. The summed E-state index contributed by atoms with van der Waals surface area (Å²) in [5, 5.41) is 19.7. The number of halogens is 1. The van der Waals surface area contributed by atoms with E-state index in [-0.39, 0.29) is 22.9 Å². The van der Waals surface area contributed by atoms with E-state index in [0.717, 1.165) is 0 Å². The number of fused-ring (bicyclic) bond motifs is 1. The van der Waals surface area contributed by atoms with Gasteiger partial charge >= 0.3 is 12.1 Å². The molecule has 2 aromatic rings. The van der Waals surface area contributed by atoms with Crippen LogP contribution >= 0.6 is 46.5 Å². The van der Waals surface area contributed by atoms with Crippen molar-refractivity contribution in [2.75, 3.05) is 11.5 Å². The summed E-state index contributed by atoms with van der Waals surface area (Å²) in [7, 11) is 0. The highest BCUT2D eigenvalue weighted by Gasteiger charge is 2.54. The molecule has 3 atom stereocenters. The maximum atomic E-state index is 12.8. The molecule has 0 radical (unpaired) electrons. The number of hydrogen-bond acceptors (Lipinski definition) is 12. The van der Waals surface area contributed by atoms with Crippen LogP contribution in [0.2, 0.25) is 5.02 Å². The second-order valence-electron chi connectivity index (χ2n) is 7.82. The Labute approximate surface area is 227 Å². The van der Waals surface area contributed by atoms with Crippen molar-refractivity contribution in [1.82, 2.24) is 20.4 Å². The van der Waals surface area contributed by atoms with Crippen molar-refractivity contribution in [3.8, 4) is 5.75 Å². The van der Waals surface area contributed by atoms with Gasteiger partial charge in [0.15, 0.2) is 16.3 Å². The number of carboxylic acids is 1. The first-order valence-electron chi connectivity index (χ1n) is 10.6. The van der Waals surface area contributed by atoms with Gasteiger partial charge in [-0.25, -0.2) is 9.59 Å². The molecular weight excluding hydrogens is 566 g/mol. The number of rotatable bonds is 9. The smallest absolute Gasteiger partial charge is 0.477 e. The molecule has 16 heteroatoms. The molecule has 1 fully saturated rings. The van der Waals surface area contributed by atoms with E-state index in [0.29, 0.717) is 27.0 Å². The topological polar surface area (TPSA) is 174 Å². The molecule has 0 aliphatic carbocycles. The Balaban J connectivity index is 1.36. The maximum absolute atomic E-state index is 12.8. The lowest BCUT2D eigenvalue weighted by Gasteiger charge is -2.49. The second kappa shape index (κ2) is 11.7. The third kappa shape index (κ3) is 6.35. The van der Waals surface area contributed by atoms with Gasteiger partial charge in [0.25, 0.3) is 5.91 Å². The lowest BCUT2D eigenvalue weighted by molar-refractivity contribution is -0.150. The third-order valence-corrected chi connectivity index (χ3v) is 8.69. The number of nitrogens with two attached hydrogens (primary N) is 1. The van der Waals surface area contributed by atoms with Crippen LogP contribution in [0.3, 0.4) is 0 Å². The van der Waals surface area contributed by atoms with Crippen LogP contribution in [-0.2, 0) is 25.5 Å². The normalized spacial score (nSPS) is 19.5. The molecule has 37 heavy (non-hydrogen) atoms. The number of carboxylic acid groups (broad SMARTS) is 1. The van der Waals surface area contributed by atoms with Crippen molar-refractivity contribution in [2.45, 2.75) is 35.3 Å². The standard InChI is InChI=1S/C21H20ClN5O7S3/c1-9(23)33-21(32)34-13-3-2-10(4-12(13)22)5-14(28)25-15-17(29)27-16(19(30)31)11(6-35-18(15)27)7-36-20-26-24-8-37-20/h2-4,8-9,15,18H,5-7,23H2,1H3,(H,25,28)(H,30,31)/t9?,15?,18-/m0/s1. The van der Waals surface area contributed by atoms with Crippen LogP contribution in [0.1, 0.15) is 12.5 Å². The van der Waals surface area contributed by atoms with E-state index in [1.807, 2.05) is 0 Å². The SMILES string of the molecule is CC(N)OC(=O)Oc1ccc(CC(=O)NC2C(=O)N3C(C(=O)O)=C(CSc4nncs4)CS[C@@H]23)cc1Cl. The first-order chi connectivity index (χ1) is 17.6. The fourth-order valence-electron chi connectivity index (χ4n) is 3.58. The fourth-order valence-corrected chi connectivity index (χ4v) is 6.80. The highest BCUT2D eigenvalue weighted by Crippen LogP contribution is 2.41. The van der Waals surface area contributed by atoms with Crippen molar-refractivity contribution in [3.63, 3.8) is 0 Å². The van der Waals surface area contributed by atoms with Gasteiger partial charge in [-0.1, -0.05) is 40.8 Å². The number of nitrogens with zero attached hydrogens (tertiary/aromatic N) is 3. The van der Waals surface area contributed by atoms with Gasteiger partial charge in [0.1, 0.15) is 22.6 Å². The minimum absolute atomic E-state index is 0.0352. The van der Waals surface area contributed by atoms with E-state index in [2.05, 4.69) is 20.3 Å². The Morgan fingerprint density at radius 1 is 1.41 bits per heavy atom. The van der Waals surface area contributed by atoms with Gasteiger partial charge < -0.3 is 19.9 Å². The number of hydrogen-bond donors (Lipinski definition) is 3. The number of nitrogens with one attached hydrogen (secondary N) is 1. The van der Waals surface area contributed by atoms with Crippen LogP contribution < -0.4 is 15.8 Å². The Morgan fingerprint density at radius 2 is 2.19 bits per heavy atom. The quantitative estimate of drug-likeness (QED) is 0.129. The third-order valence-electron chi connectivity index (χ3n) is 5.11. The number of aliphatic carboxylic acids is 1. The van der Waals surface area contributed by atoms with Crippen LogP contribution in [0.5, 0.6) is 5.75 Å². The number of carbonyl (C=O) groups is 4.